The van der Waals surface area contributed by atoms with Crippen molar-refractivity contribution in [1.82, 2.24) is 9.80 Å². The van der Waals surface area contributed by atoms with Crippen molar-refractivity contribution in [2.24, 2.45) is 4.99 Å². The summed E-state index contributed by atoms with van der Waals surface area (Å²) in [6, 6.07) is 2.02. The third kappa shape index (κ3) is 14.7. The lowest BCUT2D eigenvalue weighted by Crippen LogP contribution is -2.46. The molecule has 0 aromatic heterocycles. The summed E-state index contributed by atoms with van der Waals surface area (Å²) >= 11 is 0. The molecule has 1 heterocycles. The Morgan fingerprint density at radius 2 is 1.66 bits per heavy atom. The first-order chi connectivity index (χ1) is 19.2. The zero-order valence-corrected chi connectivity index (χ0v) is 26.3. The minimum Gasteiger partial charge on any atom is -0.443 e. The number of amidine groups is 1. The fourth-order valence-corrected chi connectivity index (χ4v) is 4.24. The summed E-state index contributed by atoms with van der Waals surface area (Å²) in [5, 5.41) is 8.75. The summed E-state index contributed by atoms with van der Waals surface area (Å²) in [5.41, 5.74) is -1.77. The Hall–Kier alpha value is -2.62. The molecule has 0 N–H and O–H groups in total. The predicted octanol–water partition coefficient (Wildman–Crippen LogP) is 5.65. The van der Waals surface area contributed by atoms with E-state index >= 15 is 0 Å². The molecule has 0 saturated carbocycles. The molecule has 0 bridgehead atoms. The number of nitrogens with zero attached hydrogens (tertiary/aromatic N) is 4. The highest BCUT2D eigenvalue weighted by atomic mass is 31.2. The molecule has 1 saturated heterocycles. The molecule has 41 heavy (non-hydrogen) atoms. The van der Waals surface area contributed by atoms with Crippen molar-refractivity contribution in [3.63, 3.8) is 0 Å². The van der Waals surface area contributed by atoms with Crippen LogP contribution in [-0.2, 0) is 32.6 Å². The van der Waals surface area contributed by atoms with Gasteiger partial charge in [0.1, 0.15) is 23.3 Å². The second-order valence-corrected chi connectivity index (χ2v) is 12.2. The Bertz CT molecular complexity index is 913. The number of carbonyl (C=O) groups excluding carboxylic acids is 3. The van der Waals surface area contributed by atoms with Gasteiger partial charge in [-0.3, -0.25) is 14.7 Å². The van der Waals surface area contributed by atoms with Gasteiger partial charge >= 0.3 is 20.8 Å². The second-order valence-electron chi connectivity index (χ2n) is 11.0. The van der Waals surface area contributed by atoms with E-state index < -0.39 is 38.2 Å². The van der Waals surface area contributed by atoms with Gasteiger partial charge in [-0.15, -0.1) is 0 Å². The van der Waals surface area contributed by atoms with Crippen LogP contribution in [0.15, 0.2) is 17.3 Å². The van der Waals surface area contributed by atoms with Gasteiger partial charge in [-0.1, -0.05) is 13.3 Å². The molecule has 13 nitrogen and oxygen atoms in total. The molecule has 3 atom stereocenters. The normalized spacial score (nSPS) is 18.6. The fourth-order valence-electron chi connectivity index (χ4n) is 3.21. The molecular weight excluding hydrogens is 555 g/mol. The molecule has 0 radical (unpaired) electrons. The van der Waals surface area contributed by atoms with Crippen LogP contribution >= 0.6 is 8.60 Å². The van der Waals surface area contributed by atoms with Gasteiger partial charge in [-0.25, -0.2) is 9.59 Å². The van der Waals surface area contributed by atoms with Crippen molar-refractivity contribution < 1.29 is 42.2 Å². The molecule has 0 aromatic rings. The van der Waals surface area contributed by atoms with Gasteiger partial charge in [0.05, 0.1) is 38.4 Å². The van der Waals surface area contributed by atoms with E-state index in [9.17, 15) is 14.4 Å². The Kier molecular flexibility index (Phi) is 16.0. The molecule has 0 spiro atoms. The van der Waals surface area contributed by atoms with Crippen LogP contribution < -0.4 is 0 Å². The van der Waals surface area contributed by atoms with Crippen molar-refractivity contribution in [3.8, 4) is 6.07 Å². The number of carbonyl (C=O) groups is 3. The molecule has 232 valence electrons. The molecule has 1 aliphatic heterocycles. The minimum absolute atomic E-state index is 0.0948. The van der Waals surface area contributed by atoms with Gasteiger partial charge in [-0.2, -0.15) is 10.2 Å². The van der Waals surface area contributed by atoms with Crippen LogP contribution in [0.25, 0.3) is 0 Å². The number of rotatable bonds is 14. The molecule has 3 amide bonds. The average Bonchev–Trinajstić information content (AvgIpc) is 3.33. The summed E-state index contributed by atoms with van der Waals surface area (Å²) < 4.78 is 33.8. The van der Waals surface area contributed by atoms with Crippen molar-refractivity contribution in [2.75, 3.05) is 26.9 Å². The van der Waals surface area contributed by atoms with E-state index in [1.807, 2.05) is 13.0 Å². The van der Waals surface area contributed by atoms with Crippen LogP contribution in [0.4, 0.5) is 9.59 Å². The monoisotopic (exact) mass is 600 g/mol. The largest absolute Gasteiger partial charge is 0.443 e. The van der Waals surface area contributed by atoms with Gasteiger partial charge in [0.25, 0.3) is 0 Å². The first-order valence-corrected chi connectivity index (χ1v) is 14.7. The van der Waals surface area contributed by atoms with E-state index in [4.69, 9.17) is 33.0 Å². The van der Waals surface area contributed by atoms with Crippen LogP contribution in [0.1, 0.15) is 80.6 Å². The maximum absolute atomic E-state index is 12.9. The standard InChI is InChI=1S/C27H45N4O9P/c1-9-10-17-35-41(36-18-11-15-28)37-19-21-12-13-23(38-21)30(20-32)16-14-22(29-8)31(24(33)39-26(2,3)4)25(34)40-27(5,6)7/h14,16,20-21,23H,9-13,17-19H2,1-8H3/b16-14-,29-22?. The quantitative estimate of drug-likeness (QED) is 0.0804. The van der Waals surface area contributed by atoms with E-state index in [-0.39, 0.29) is 31.6 Å². The average molecular weight is 601 g/mol. The van der Waals surface area contributed by atoms with Crippen molar-refractivity contribution in [1.29, 1.82) is 5.26 Å². The molecule has 14 heteroatoms. The highest BCUT2D eigenvalue weighted by molar-refractivity contribution is 7.41. The van der Waals surface area contributed by atoms with E-state index in [1.165, 1.54) is 24.2 Å². The first-order valence-electron chi connectivity index (χ1n) is 13.6. The number of ether oxygens (including phenoxy) is 3. The second kappa shape index (κ2) is 18.0. The van der Waals surface area contributed by atoms with Crippen LogP contribution in [-0.4, -0.2) is 84.6 Å². The van der Waals surface area contributed by atoms with E-state index in [1.54, 1.807) is 41.5 Å². The lowest BCUT2D eigenvalue weighted by Gasteiger charge is -2.28. The third-order valence-corrected chi connectivity index (χ3v) is 6.16. The number of amides is 3. The van der Waals surface area contributed by atoms with Gasteiger partial charge in [-0.05, 0) is 66.9 Å². The Balaban J connectivity index is 2.92. The summed E-state index contributed by atoms with van der Waals surface area (Å²) in [5.74, 6) is -0.0948. The molecule has 1 aliphatic rings. The first kappa shape index (κ1) is 36.4. The Morgan fingerprint density at radius 3 is 2.17 bits per heavy atom. The zero-order chi connectivity index (χ0) is 31.1. The lowest BCUT2D eigenvalue weighted by molar-refractivity contribution is -0.127. The third-order valence-electron chi connectivity index (χ3n) is 5.02. The predicted molar refractivity (Wildman–Crippen MR) is 153 cm³/mol. The highest BCUT2D eigenvalue weighted by Gasteiger charge is 2.35. The number of unbranched alkanes of at least 4 members (excludes halogenated alkanes) is 1. The van der Waals surface area contributed by atoms with Crippen molar-refractivity contribution in [3.05, 3.63) is 12.3 Å². The molecule has 1 rings (SSSR count). The zero-order valence-electron chi connectivity index (χ0n) is 25.5. The maximum Gasteiger partial charge on any atom is 0.425 e. The van der Waals surface area contributed by atoms with E-state index in [0.717, 1.165) is 12.8 Å². The number of nitriles is 1. The summed E-state index contributed by atoms with van der Waals surface area (Å²) in [6.07, 6.45) is 3.56. The molecule has 0 aromatic carbocycles. The maximum atomic E-state index is 12.9. The van der Waals surface area contributed by atoms with Crippen LogP contribution in [0.3, 0.4) is 0 Å². The van der Waals surface area contributed by atoms with Gasteiger partial charge < -0.3 is 27.8 Å². The molecule has 1 fully saturated rings. The van der Waals surface area contributed by atoms with Crippen molar-refractivity contribution >= 4 is 33.0 Å². The molecule has 3 unspecified atom stereocenters. The number of hydrogen-bond acceptors (Lipinski definition) is 11. The van der Waals surface area contributed by atoms with Crippen LogP contribution in [0.5, 0.6) is 0 Å². The molecule has 0 aliphatic carbocycles. The smallest absolute Gasteiger partial charge is 0.425 e. The van der Waals surface area contributed by atoms with Gasteiger partial charge in [0.15, 0.2) is 0 Å². The van der Waals surface area contributed by atoms with E-state index in [0.29, 0.717) is 30.8 Å². The number of hydrogen-bond donors (Lipinski definition) is 0. The van der Waals surface area contributed by atoms with Crippen LogP contribution in [0.2, 0.25) is 0 Å². The van der Waals surface area contributed by atoms with Gasteiger partial charge in [0.2, 0.25) is 6.41 Å². The fraction of sp³-hybridized carbons (Fsp3) is 0.741. The van der Waals surface area contributed by atoms with Crippen molar-refractivity contribution in [2.45, 2.75) is 104 Å². The topological polar surface area (TPSA) is 149 Å². The summed E-state index contributed by atoms with van der Waals surface area (Å²) in [4.78, 5) is 43.8. The van der Waals surface area contributed by atoms with E-state index in [2.05, 4.69) is 4.99 Å². The summed E-state index contributed by atoms with van der Waals surface area (Å²) in [7, 11) is -0.234. The van der Waals surface area contributed by atoms with Gasteiger partial charge in [0, 0.05) is 13.2 Å². The highest BCUT2D eigenvalue weighted by Crippen LogP contribution is 2.41. The van der Waals surface area contributed by atoms with Crippen LogP contribution in [0, 0.1) is 11.3 Å². The Morgan fingerprint density at radius 1 is 1.05 bits per heavy atom. The number of aliphatic imine (C=N–C) groups is 1. The Labute approximate surface area is 244 Å². The number of imide groups is 1. The minimum atomic E-state index is -1.63. The lowest BCUT2D eigenvalue weighted by atomic mass is 10.2. The molecular formula is C27H45N4O9P. The SMILES string of the molecule is CCCCOP(OCCC#N)OCC1CCC(N(C=O)/C=C\C(=NC)N(C(=O)OC(C)(C)C)C(=O)OC(C)(C)C)O1. The summed E-state index contributed by atoms with van der Waals surface area (Å²) in [6.45, 7) is 12.9.